The summed E-state index contributed by atoms with van der Waals surface area (Å²) in [7, 11) is 0. The van der Waals surface area contributed by atoms with Crippen LogP contribution in [0.2, 0.25) is 0 Å². The van der Waals surface area contributed by atoms with E-state index < -0.39 is 30.0 Å². The van der Waals surface area contributed by atoms with Gasteiger partial charge in [0.05, 0.1) is 18.2 Å². The Kier molecular flexibility index (Phi) is 10.6. The Balaban J connectivity index is 1.42. The van der Waals surface area contributed by atoms with E-state index >= 15 is 0 Å². The molecule has 0 aliphatic carbocycles. The molecule has 47 heavy (non-hydrogen) atoms. The van der Waals surface area contributed by atoms with Crippen LogP contribution in [0.15, 0.2) is 115 Å². The largest absolute Gasteiger partial charge is 0.508 e. The molecule has 1 N–H and O–H groups in total. The maximum Gasteiger partial charge on any atom is 0.508 e. The third-order valence-corrected chi connectivity index (χ3v) is 7.28. The number of carbonyl (C=O) groups excluding carboxylic acids is 3. The SMILES string of the molecule is CC(C)(C)OC(=O)n1cc([C@H](NC(=O)OCc2ccccc2)c2ccccc2CCOC(=O)OCc2ccccc2)c2ccccc21. The molecule has 1 aromatic heterocycles. The molecule has 9 nitrogen and oxygen atoms in total. The van der Waals surface area contributed by atoms with E-state index in [1.807, 2.05) is 109 Å². The summed E-state index contributed by atoms with van der Waals surface area (Å²) in [5.41, 5.74) is 3.85. The summed E-state index contributed by atoms with van der Waals surface area (Å²) >= 11 is 0. The zero-order valence-corrected chi connectivity index (χ0v) is 26.7. The summed E-state index contributed by atoms with van der Waals surface area (Å²) < 4.78 is 23.4. The summed E-state index contributed by atoms with van der Waals surface area (Å²) in [5.74, 6) is 0. The number of nitrogens with zero attached hydrogens (tertiary/aromatic N) is 1. The highest BCUT2D eigenvalue weighted by Crippen LogP contribution is 2.33. The molecule has 5 aromatic rings. The molecule has 0 saturated carbocycles. The number of alkyl carbamates (subject to hydrolysis) is 1. The van der Waals surface area contributed by atoms with E-state index in [9.17, 15) is 14.4 Å². The number of para-hydroxylation sites is 1. The topological polar surface area (TPSA) is 105 Å². The number of rotatable bonds is 10. The average Bonchev–Trinajstić information content (AvgIpc) is 3.46. The van der Waals surface area contributed by atoms with Crippen molar-refractivity contribution in [2.24, 2.45) is 0 Å². The molecule has 0 radical (unpaired) electrons. The first kappa shape index (κ1) is 32.8. The van der Waals surface area contributed by atoms with Gasteiger partial charge in [-0.3, -0.25) is 4.57 Å². The van der Waals surface area contributed by atoms with Crippen molar-refractivity contribution >= 4 is 29.2 Å². The van der Waals surface area contributed by atoms with Crippen LogP contribution < -0.4 is 5.32 Å². The molecule has 0 bridgehead atoms. The van der Waals surface area contributed by atoms with E-state index in [1.165, 1.54) is 4.57 Å². The number of hydrogen-bond donors (Lipinski definition) is 1. The molecule has 5 rings (SSSR count). The zero-order chi connectivity index (χ0) is 33.2. The van der Waals surface area contributed by atoms with Crippen LogP contribution in [0.3, 0.4) is 0 Å². The van der Waals surface area contributed by atoms with Crippen LogP contribution in [0.5, 0.6) is 0 Å². The molecule has 242 valence electrons. The van der Waals surface area contributed by atoms with E-state index in [0.29, 0.717) is 17.5 Å². The Bertz CT molecular complexity index is 1810. The van der Waals surface area contributed by atoms with Gasteiger partial charge in [-0.1, -0.05) is 103 Å². The van der Waals surface area contributed by atoms with Crippen molar-refractivity contribution in [2.75, 3.05) is 6.61 Å². The molecule has 1 heterocycles. The van der Waals surface area contributed by atoms with Crippen molar-refractivity contribution < 1.29 is 33.3 Å². The summed E-state index contributed by atoms with van der Waals surface area (Å²) in [4.78, 5) is 39.0. The summed E-state index contributed by atoms with van der Waals surface area (Å²) in [6.07, 6.45) is 0.0868. The molecule has 0 aliphatic heterocycles. The number of aromatic nitrogens is 1. The lowest BCUT2D eigenvalue weighted by molar-refractivity contribution is 0.0504. The third-order valence-electron chi connectivity index (χ3n) is 7.28. The third kappa shape index (κ3) is 9.00. The summed E-state index contributed by atoms with van der Waals surface area (Å²) in [6, 6.07) is 33.0. The van der Waals surface area contributed by atoms with Gasteiger partial charge in [0.25, 0.3) is 0 Å². The van der Waals surface area contributed by atoms with Crippen LogP contribution in [0.4, 0.5) is 14.4 Å². The van der Waals surface area contributed by atoms with E-state index in [-0.39, 0.29) is 19.8 Å². The van der Waals surface area contributed by atoms with Gasteiger partial charge in [-0.2, -0.15) is 0 Å². The van der Waals surface area contributed by atoms with Crippen molar-refractivity contribution in [3.63, 3.8) is 0 Å². The second kappa shape index (κ2) is 15.1. The van der Waals surface area contributed by atoms with Crippen LogP contribution in [-0.2, 0) is 38.6 Å². The number of benzene rings is 4. The second-order valence-electron chi connectivity index (χ2n) is 11.9. The molecular weight excluding hydrogens is 596 g/mol. The molecule has 4 aromatic carbocycles. The normalized spacial score (nSPS) is 11.8. The van der Waals surface area contributed by atoms with E-state index in [4.69, 9.17) is 18.9 Å². The molecular formula is C38H38N2O7. The van der Waals surface area contributed by atoms with Crippen LogP contribution in [0.1, 0.15) is 54.6 Å². The maximum atomic E-state index is 13.3. The molecule has 1 amide bonds. The van der Waals surface area contributed by atoms with Gasteiger partial charge < -0.3 is 24.3 Å². The van der Waals surface area contributed by atoms with E-state index in [0.717, 1.165) is 27.6 Å². The molecule has 0 aliphatic rings. The Morgan fingerprint density at radius 2 is 1.30 bits per heavy atom. The smallest absolute Gasteiger partial charge is 0.445 e. The molecule has 0 fully saturated rings. The second-order valence-corrected chi connectivity index (χ2v) is 11.9. The zero-order valence-electron chi connectivity index (χ0n) is 26.7. The first-order valence-electron chi connectivity index (χ1n) is 15.4. The van der Waals surface area contributed by atoms with Crippen molar-refractivity contribution in [3.8, 4) is 0 Å². The fraction of sp³-hybridized carbons (Fsp3) is 0.237. The minimum atomic E-state index is -0.772. The first-order valence-corrected chi connectivity index (χ1v) is 15.4. The number of ether oxygens (including phenoxy) is 4. The summed E-state index contributed by atoms with van der Waals surface area (Å²) in [5, 5.41) is 3.78. The lowest BCUT2D eigenvalue weighted by atomic mass is 9.93. The molecule has 1 atom stereocenters. The highest BCUT2D eigenvalue weighted by atomic mass is 16.7. The monoisotopic (exact) mass is 634 g/mol. The van der Waals surface area contributed by atoms with Gasteiger partial charge in [-0.25, -0.2) is 14.4 Å². The van der Waals surface area contributed by atoms with Crippen LogP contribution in [0, 0.1) is 0 Å². The van der Waals surface area contributed by atoms with Gasteiger partial charge in [-0.15, -0.1) is 0 Å². The quantitative estimate of drug-likeness (QED) is 0.122. The van der Waals surface area contributed by atoms with Crippen molar-refractivity contribution in [1.29, 1.82) is 0 Å². The van der Waals surface area contributed by atoms with E-state index in [1.54, 1.807) is 27.0 Å². The van der Waals surface area contributed by atoms with Gasteiger partial charge in [0, 0.05) is 23.6 Å². The highest BCUT2D eigenvalue weighted by molar-refractivity contribution is 5.93. The Morgan fingerprint density at radius 1 is 0.702 bits per heavy atom. The van der Waals surface area contributed by atoms with Gasteiger partial charge in [0.15, 0.2) is 0 Å². The fourth-order valence-corrected chi connectivity index (χ4v) is 5.15. The van der Waals surface area contributed by atoms with Crippen molar-refractivity contribution in [2.45, 2.75) is 52.0 Å². The molecule has 0 spiro atoms. The van der Waals surface area contributed by atoms with E-state index in [2.05, 4.69) is 5.32 Å². The number of amides is 1. The lowest BCUT2D eigenvalue weighted by Gasteiger charge is -2.22. The maximum absolute atomic E-state index is 13.3. The number of hydrogen-bond acceptors (Lipinski definition) is 7. The molecule has 9 heteroatoms. The Morgan fingerprint density at radius 3 is 1.98 bits per heavy atom. The van der Waals surface area contributed by atoms with Crippen LogP contribution >= 0.6 is 0 Å². The van der Waals surface area contributed by atoms with Crippen LogP contribution in [0.25, 0.3) is 10.9 Å². The number of nitrogens with one attached hydrogen (secondary N) is 1. The van der Waals surface area contributed by atoms with Gasteiger partial charge in [0.1, 0.15) is 18.8 Å². The first-order chi connectivity index (χ1) is 22.7. The number of carbonyl (C=O) groups is 3. The van der Waals surface area contributed by atoms with Gasteiger partial charge in [0.2, 0.25) is 0 Å². The fourth-order valence-electron chi connectivity index (χ4n) is 5.15. The van der Waals surface area contributed by atoms with Gasteiger partial charge in [-0.05, 0) is 49.1 Å². The van der Waals surface area contributed by atoms with Crippen LogP contribution in [-0.4, -0.2) is 35.1 Å². The average molecular weight is 635 g/mol. The van der Waals surface area contributed by atoms with Crippen molar-refractivity contribution in [1.82, 2.24) is 9.88 Å². The summed E-state index contributed by atoms with van der Waals surface area (Å²) in [6.45, 7) is 5.66. The standard InChI is InChI=1S/C38H38N2O7/c1-38(2,3)47-36(42)40-24-32(31-20-12-13-21-33(31)40)34(39-35(41)45-25-27-14-6-4-7-15-27)30-19-11-10-18-29(30)22-23-44-37(43)46-26-28-16-8-5-9-17-28/h4-21,24,34H,22-23,25-26H2,1-3H3,(H,39,41)/t34-/m1/s1. The Hall–Kier alpha value is -5.57. The minimum absolute atomic E-state index is 0.0511. The lowest BCUT2D eigenvalue weighted by Crippen LogP contribution is -2.31. The predicted octanol–water partition coefficient (Wildman–Crippen LogP) is 8.34. The van der Waals surface area contributed by atoms with Crippen molar-refractivity contribution in [3.05, 3.63) is 143 Å². The Labute approximate surface area is 274 Å². The number of fused-ring (bicyclic) bond motifs is 1. The predicted molar refractivity (Wildman–Crippen MR) is 178 cm³/mol. The minimum Gasteiger partial charge on any atom is -0.445 e. The molecule has 0 saturated heterocycles. The van der Waals surface area contributed by atoms with Gasteiger partial charge >= 0.3 is 18.3 Å². The molecule has 0 unspecified atom stereocenters. The highest BCUT2D eigenvalue weighted by Gasteiger charge is 2.27.